The van der Waals surface area contributed by atoms with Gasteiger partial charge in [-0.2, -0.15) is 13.2 Å². The van der Waals surface area contributed by atoms with Crippen molar-refractivity contribution in [2.24, 2.45) is 5.73 Å². The van der Waals surface area contributed by atoms with E-state index in [-0.39, 0.29) is 5.75 Å². The van der Waals surface area contributed by atoms with E-state index in [0.717, 1.165) is 6.07 Å². The summed E-state index contributed by atoms with van der Waals surface area (Å²) in [4.78, 5) is 0. The molecule has 6 heteroatoms. The van der Waals surface area contributed by atoms with Crippen molar-refractivity contribution in [3.8, 4) is 5.75 Å². The molecule has 1 aromatic carbocycles. The van der Waals surface area contributed by atoms with Crippen molar-refractivity contribution in [3.05, 3.63) is 29.6 Å². The van der Waals surface area contributed by atoms with Crippen LogP contribution in [0.5, 0.6) is 5.75 Å². The molecule has 0 saturated carbocycles. The maximum atomic E-state index is 13.3. The zero-order valence-electron chi connectivity index (χ0n) is 7.81. The second-order valence-electron chi connectivity index (χ2n) is 2.88. The molecule has 0 unspecified atom stereocenters. The lowest BCUT2D eigenvalue weighted by Crippen LogP contribution is -2.29. The Labute approximate surface area is 83.6 Å². The third kappa shape index (κ3) is 2.38. The van der Waals surface area contributed by atoms with Crippen molar-refractivity contribution in [2.75, 3.05) is 7.11 Å². The molecular weight excluding hydrogens is 214 g/mol. The summed E-state index contributed by atoms with van der Waals surface area (Å²) in [5.41, 5.74) is 4.25. The van der Waals surface area contributed by atoms with Gasteiger partial charge in [0.05, 0.1) is 7.11 Å². The first-order valence-corrected chi connectivity index (χ1v) is 4.02. The summed E-state index contributed by atoms with van der Waals surface area (Å²) in [5.74, 6) is -1.34. The van der Waals surface area contributed by atoms with Crippen LogP contribution in [0.25, 0.3) is 0 Å². The van der Waals surface area contributed by atoms with Gasteiger partial charge in [0.15, 0.2) is 11.6 Å². The van der Waals surface area contributed by atoms with E-state index in [2.05, 4.69) is 4.74 Å². The van der Waals surface area contributed by atoms with Gasteiger partial charge < -0.3 is 10.5 Å². The van der Waals surface area contributed by atoms with Gasteiger partial charge in [-0.1, -0.05) is 12.1 Å². The Kier molecular flexibility index (Phi) is 3.18. The molecule has 0 aliphatic rings. The predicted molar refractivity (Wildman–Crippen MR) is 45.9 cm³/mol. The first kappa shape index (κ1) is 11.8. The number of benzene rings is 1. The van der Waals surface area contributed by atoms with Gasteiger partial charge in [0.25, 0.3) is 0 Å². The topological polar surface area (TPSA) is 35.2 Å². The maximum Gasteiger partial charge on any atom is 0.407 e. The predicted octanol–water partition coefficient (Wildman–Crippen LogP) is 2.40. The fraction of sp³-hybridized carbons (Fsp3) is 0.333. The van der Waals surface area contributed by atoms with Crippen LogP contribution in [-0.2, 0) is 0 Å². The Bertz CT molecular complexity index is 350. The van der Waals surface area contributed by atoms with Crippen LogP contribution in [0.1, 0.15) is 11.6 Å². The van der Waals surface area contributed by atoms with Crippen molar-refractivity contribution in [1.82, 2.24) is 0 Å². The van der Waals surface area contributed by atoms with E-state index in [4.69, 9.17) is 5.73 Å². The van der Waals surface area contributed by atoms with Gasteiger partial charge in [0.2, 0.25) is 0 Å². The summed E-state index contributed by atoms with van der Waals surface area (Å²) in [7, 11) is 1.17. The fourth-order valence-electron chi connectivity index (χ4n) is 1.10. The lowest BCUT2D eigenvalue weighted by atomic mass is 10.1. The van der Waals surface area contributed by atoms with Crippen LogP contribution in [-0.4, -0.2) is 13.3 Å². The number of methoxy groups -OCH3 is 1. The minimum Gasteiger partial charge on any atom is -0.494 e. The molecular formula is C9H9F4NO. The summed E-state index contributed by atoms with van der Waals surface area (Å²) in [6, 6.07) is 1.12. The summed E-state index contributed by atoms with van der Waals surface area (Å²) in [5, 5.41) is 0. The van der Waals surface area contributed by atoms with Crippen LogP contribution >= 0.6 is 0 Å². The highest BCUT2D eigenvalue weighted by atomic mass is 19.4. The molecule has 0 heterocycles. The molecule has 1 aromatic rings. The van der Waals surface area contributed by atoms with Crippen LogP contribution in [0.3, 0.4) is 0 Å². The molecule has 0 bridgehead atoms. The van der Waals surface area contributed by atoms with E-state index in [1.807, 2.05) is 0 Å². The highest BCUT2D eigenvalue weighted by Gasteiger charge is 2.39. The average Bonchev–Trinajstić information content (AvgIpc) is 2.16. The van der Waals surface area contributed by atoms with Crippen molar-refractivity contribution in [3.63, 3.8) is 0 Å². The number of hydrogen-bond acceptors (Lipinski definition) is 2. The van der Waals surface area contributed by atoms with Gasteiger partial charge in [-0.05, 0) is 6.07 Å². The van der Waals surface area contributed by atoms with E-state index >= 15 is 0 Å². The summed E-state index contributed by atoms with van der Waals surface area (Å²) >= 11 is 0. The Balaban J connectivity index is 3.15. The molecule has 0 spiro atoms. The van der Waals surface area contributed by atoms with E-state index in [9.17, 15) is 17.6 Å². The van der Waals surface area contributed by atoms with Crippen LogP contribution in [0.4, 0.5) is 17.6 Å². The first-order chi connectivity index (χ1) is 6.88. The largest absolute Gasteiger partial charge is 0.494 e. The van der Waals surface area contributed by atoms with E-state index in [1.54, 1.807) is 0 Å². The van der Waals surface area contributed by atoms with Crippen LogP contribution in [0.15, 0.2) is 18.2 Å². The normalized spacial score (nSPS) is 13.7. The smallest absolute Gasteiger partial charge is 0.407 e. The molecule has 15 heavy (non-hydrogen) atoms. The summed E-state index contributed by atoms with van der Waals surface area (Å²) < 4.78 is 54.6. The third-order valence-corrected chi connectivity index (χ3v) is 1.90. The van der Waals surface area contributed by atoms with Crippen LogP contribution in [0.2, 0.25) is 0 Å². The number of ether oxygens (including phenoxy) is 1. The quantitative estimate of drug-likeness (QED) is 0.781. The third-order valence-electron chi connectivity index (χ3n) is 1.90. The molecule has 1 rings (SSSR count). The average molecular weight is 223 g/mol. The van der Waals surface area contributed by atoms with E-state index in [1.165, 1.54) is 19.2 Å². The minimum absolute atomic E-state index is 0.257. The van der Waals surface area contributed by atoms with Crippen molar-refractivity contribution in [1.29, 1.82) is 0 Å². The zero-order chi connectivity index (χ0) is 11.6. The molecule has 1 atom stereocenters. The fourth-order valence-corrected chi connectivity index (χ4v) is 1.10. The molecule has 0 saturated heterocycles. The van der Waals surface area contributed by atoms with Crippen LogP contribution in [0, 0.1) is 5.82 Å². The lowest BCUT2D eigenvalue weighted by molar-refractivity contribution is -0.149. The highest BCUT2D eigenvalue weighted by molar-refractivity contribution is 5.33. The standard InChI is InChI=1S/C9H9F4NO/c1-15-6-4-2-3-5(7(6)10)8(14)9(11,12)13/h2-4,8H,14H2,1H3/t8-/m1/s1. The number of rotatable bonds is 2. The number of alkyl halides is 3. The van der Waals surface area contributed by atoms with Gasteiger partial charge in [-0.25, -0.2) is 4.39 Å². The van der Waals surface area contributed by atoms with Gasteiger partial charge in [0, 0.05) is 5.56 Å². The minimum atomic E-state index is -4.67. The van der Waals surface area contributed by atoms with Gasteiger partial charge in [-0.3, -0.25) is 0 Å². The molecule has 0 fully saturated rings. The summed E-state index contributed by atoms with van der Waals surface area (Å²) in [6.07, 6.45) is -4.67. The molecule has 0 radical (unpaired) electrons. The van der Waals surface area contributed by atoms with Crippen molar-refractivity contribution in [2.45, 2.75) is 12.2 Å². The SMILES string of the molecule is COc1cccc([C@@H](N)C(F)(F)F)c1F. The second kappa shape index (κ2) is 4.06. The lowest BCUT2D eigenvalue weighted by Gasteiger charge is -2.17. The summed E-state index contributed by atoms with van der Waals surface area (Å²) in [6.45, 7) is 0. The second-order valence-corrected chi connectivity index (χ2v) is 2.88. The Hall–Kier alpha value is -1.30. The monoisotopic (exact) mass is 223 g/mol. The Morgan fingerprint density at radius 2 is 1.93 bits per heavy atom. The highest BCUT2D eigenvalue weighted by Crippen LogP contribution is 2.34. The maximum absolute atomic E-state index is 13.3. The number of hydrogen-bond donors (Lipinski definition) is 1. The molecule has 0 aliphatic heterocycles. The van der Waals surface area contributed by atoms with Gasteiger partial charge >= 0.3 is 6.18 Å². The van der Waals surface area contributed by atoms with Gasteiger partial charge in [-0.15, -0.1) is 0 Å². The Morgan fingerprint density at radius 3 is 2.40 bits per heavy atom. The number of nitrogens with two attached hydrogens (primary N) is 1. The first-order valence-electron chi connectivity index (χ1n) is 4.02. The van der Waals surface area contributed by atoms with Crippen LogP contribution < -0.4 is 10.5 Å². The number of halogens is 4. The molecule has 2 N–H and O–H groups in total. The molecule has 0 amide bonds. The van der Waals surface area contributed by atoms with Crippen molar-refractivity contribution >= 4 is 0 Å². The molecule has 84 valence electrons. The van der Waals surface area contributed by atoms with Gasteiger partial charge in [0.1, 0.15) is 6.04 Å². The zero-order valence-corrected chi connectivity index (χ0v) is 7.81. The Morgan fingerprint density at radius 1 is 1.33 bits per heavy atom. The molecule has 2 nitrogen and oxygen atoms in total. The molecule has 0 aromatic heterocycles. The molecule has 0 aliphatic carbocycles. The van der Waals surface area contributed by atoms with Crippen molar-refractivity contribution < 1.29 is 22.3 Å². The van der Waals surface area contributed by atoms with E-state index < -0.39 is 23.6 Å². The van der Waals surface area contributed by atoms with E-state index in [0.29, 0.717) is 0 Å².